The third kappa shape index (κ3) is 2.18. The van der Waals surface area contributed by atoms with Crippen LogP contribution in [-0.2, 0) is 10.3 Å². The maximum Gasteiger partial charge on any atom is 0.124 e. The molecule has 1 unspecified atom stereocenters. The van der Waals surface area contributed by atoms with Gasteiger partial charge in [-0.05, 0) is 11.5 Å². The van der Waals surface area contributed by atoms with E-state index in [0.29, 0.717) is 0 Å². The summed E-state index contributed by atoms with van der Waals surface area (Å²) in [6.45, 7) is 8.06. The number of aliphatic hydroxyl groups is 2. The molecule has 4 atom stereocenters. The molecule has 0 aromatic heterocycles. The van der Waals surface area contributed by atoms with Crippen LogP contribution in [0.15, 0.2) is 30.3 Å². The predicted molar refractivity (Wildman–Crippen MR) is 79.3 cm³/mol. The Bertz CT molecular complexity index is 443. The second-order valence-electron chi connectivity index (χ2n) is 6.60. The Labute approximate surface area is 121 Å². The first-order valence-electron chi connectivity index (χ1n) is 7.42. The molecular formula is C17H26O3. The Morgan fingerprint density at radius 2 is 1.90 bits per heavy atom. The van der Waals surface area contributed by atoms with Crippen LogP contribution in [0.25, 0.3) is 0 Å². The van der Waals surface area contributed by atoms with Crippen LogP contribution in [0.5, 0.6) is 0 Å². The second-order valence-corrected chi connectivity index (χ2v) is 6.60. The monoisotopic (exact) mass is 278 g/mol. The highest BCUT2D eigenvalue weighted by atomic mass is 16.6. The maximum atomic E-state index is 10.8. The van der Waals surface area contributed by atoms with Gasteiger partial charge in [0, 0.05) is 5.41 Å². The Kier molecular flexibility index (Phi) is 4.24. The largest absolute Gasteiger partial charge is 0.396 e. The fourth-order valence-electron chi connectivity index (χ4n) is 3.11. The lowest BCUT2D eigenvalue weighted by molar-refractivity contribution is -0.347. The third-order valence-corrected chi connectivity index (χ3v) is 4.80. The summed E-state index contributed by atoms with van der Waals surface area (Å²) in [5.41, 5.74) is -0.0648. The van der Waals surface area contributed by atoms with Crippen molar-refractivity contribution in [3.8, 4) is 0 Å². The van der Waals surface area contributed by atoms with Gasteiger partial charge in [0.15, 0.2) is 0 Å². The molecular weight excluding hydrogens is 252 g/mol. The number of hydrogen-bond donors (Lipinski definition) is 2. The number of rotatable bonds is 5. The third-order valence-electron chi connectivity index (χ3n) is 4.80. The molecule has 2 N–H and O–H groups in total. The number of hydrogen-bond acceptors (Lipinski definition) is 3. The van der Waals surface area contributed by atoms with E-state index < -0.39 is 17.1 Å². The van der Waals surface area contributed by atoms with Gasteiger partial charge in [-0.15, -0.1) is 0 Å². The SMILES string of the molecule is CCC(C)[C@@]1(c2ccccc2)O[C@H](C(C)(C)CO)[C@@H]1O. The minimum Gasteiger partial charge on any atom is -0.396 e. The van der Waals surface area contributed by atoms with E-state index in [-0.39, 0.29) is 18.6 Å². The molecule has 0 spiro atoms. The van der Waals surface area contributed by atoms with Crippen molar-refractivity contribution < 1.29 is 14.9 Å². The standard InChI is InChI=1S/C17H26O3/c1-5-12(2)17(13-9-7-6-8-10-13)14(19)15(20-17)16(3,4)11-18/h6-10,12,14-15,18-19H,5,11H2,1-4H3/t12?,14-,15-,17-/m0/s1. The summed E-state index contributed by atoms with van der Waals surface area (Å²) >= 11 is 0. The summed E-state index contributed by atoms with van der Waals surface area (Å²) in [4.78, 5) is 0. The Morgan fingerprint density at radius 1 is 1.30 bits per heavy atom. The fraction of sp³-hybridized carbons (Fsp3) is 0.647. The Morgan fingerprint density at radius 3 is 2.35 bits per heavy atom. The van der Waals surface area contributed by atoms with Crippen molar-refractivity contribution in [2.45, 2.75) is 51.9 Å². The summed E-state index contributed by atoms with van der Waals surface area (Å²) in [6, 6.07) is 9.93. The van der Waals surface area contributed by atoms with Crippen LogP contribution in [0.4, 0.5) is 0 Å². The van der Waals surface area contributed by atoms with E-state index in [2.05, 4.69) is 13.8 Å². The lowest BCUT2D eigenvalue weighted by atomic mass is 9.65. The number of aliphatic hydroxyl groups excluding tert-OH is 2. The molecule has 0 bridgehead atoms. The van der Waals surface area contributed by atoms with Gasteiger partial charge in [-0.3, -0.25) is 0 Å². The first-order valence-corrected chi connectivity index (χ1v) is 7.42. The van der Waals surface area contributed by atoms with E-state index in [9.17, 15) is 10.2 Å². The van der Waals surface area contributed by atoms with Crippen molar-refractivity contribution in [3.63, 3.8) is 0 Å². The molecule has 0 saturated carbocycles. The van der Waals surface area contributed by atoms with Gasteiger partial charge in [0.25, 0.3) is 0 Å². The first kappa shape index (κ1) is 15.5. The Balaban J connectivity index is 2.35. The smallest absolute Gasteiger partial charge is 0.124 e. The van der Waals surface area contributed by atoms with Crippen molar-refractivity contribution >= 4 is 0 Å². The van der Waals surface area contributed by atoms with Crippen molar-refractivity contribution in [2.75, 3.05) is 6.61 Å². The van der Waals surface area contributed by atoms with E-state index in [1.165, 1.54) is 0 Å². The van der Waals surface area contributed by atoms with E-state index in [1.54, 1.807) is 0 Å². The van der Waals surface area contributed by atoms with E-state index in [1.807, 2.05) is 44.2 Å². The van der Waals surface area contributed by atoms with Crippen molar-refractivity contribution in [3.05, 3.63) is 35.9 Å². The van der Waals surface area contributed by atoms with Crippen LogP contribution in [0.3, 0.4) is 0 Å². The molecule has 3 nitrogen and oxygen atoms in total. The number of benzene rings is 1. The minimum atomic E-state index is -0.646. The first-order chi connectivity index (χ1) is 9.40. The average Bonchev–Trinajstić information content (AvgIpc) is 2.46. The van der Waals surface area contributed by atoms with Gasteiger partial charge in [0.05, 0.1) is 12.7 Å². The molecule has 20 heavy (non-hydrogen) atoms. The van der Waals surface area contributed by atoms with Crippen LogP contribution >= 0.6 is 0 Å². The summed E-state index contributed by atoms with van der Waals surface area (Å²) in [5, 5.41) is 20.3. The highest BCUT2D eigenvalue weighted by Gasteiger charge is 2.62. The zero-order valence-electron chi connectivity index (χ0n) is 12.8. The van der Waals surface area contributed by atoms with E-state index >= 15 is 0 Å². The predicted octanol–water partition coefficient (Wildman–Crippen LogP) is 2.71. The summed E-state index contributed by atoms with van der Waals surface area (Å²) in [5.74, 6) is 0.214. The van der Waals surface area contributed by atoms with Gasteiger partial charge in [-0.25, -0.2) is 0 Å². The van der Waals surface area contributed by atoms with Gasteiger partial charge in [-0.2, -0.15) is 0 Å². The normalized spacial score (nSPS) is 31.7. The molecule has 112 valence electrons. The zero-order valence-corrected chi connectivity index (χ0v) is 12.8. The van der Waals surface area contributed by atoms with Gasteiger partial charge in [0.2, 0.25) is 0 Å². The molecule has 0 aliphatic carbocycles. The van der Waals surface area contributed by atoms with Crippen LogP contribution in [-0.4, -0.2) is 29.0 Å². The lowest BCUT2D eigenvalue weighted by Gasteiger charge is -2.59. The van der Waals surface area contributed by atoms with Gasteiger partial charge < -0.3 is 14.9 Å². The van der Waals surface area contributed by atoms with Crippen LogP contribution in [0, 0.1) is 11.3 Å². The second kappa shape index (κ2) is 5.47. The molecule has 1 saturated heterocycles. The molecule has 3 heteroatoms. The fourth-order valence-corrected chi connectivity index (χ4v) is 3.11. The van der Waals surface area contributed by atoms with Crippen molar-refractivity contribution in [2.24, 2.45) is 11.3 Å². The molecule has 1 aliphatic heterocycles. The van der Waals surface area contributed by atoms with Crippen LogP contribution < -0.4 is 0 Å². The highest BCUT2D eigenvalue weighted by Crippen LogP contribution is 2.53. The summed E-state index contributed by atoms with van der Waals surface area (Å²) in [7, 11) is 0. The molecule has 2 rings (SSSR count). The molecule has 1 fully saturated rings. The molecule has 1 aromatic carbocycles. The van der Waals surface area contributed by atoms with Gasteiger partial charge in [-0.1, -0.05) is 64.4 Å². The van der Waals surface area contributed by atoms with Gasteiger partial charge in [0.1, 0.15) is 11.7 Å². The molecule has 0 radical (unpaired) electrons. The quantitative estimate of drug-likeness (QED) is 0.870. The highest BCUT2D eigenvalue weighted by molar-refractivity contribution is 5.29. The summed E-state index contributed by atoms with van der Waals surface area (Å²) < 4.78 is 6.22. The van der Waals surface area contributed by atoms with Crippen LogP contribution in [0.1, 0.15) is 39.7 Å². The van der Waals surface area contributed by atoms with E-state index in [0.717, 1.165) is 12.0 Å². The Hall–Kier alpha value is -0.900. The molecule has 1 aromatic rings. The van der Waals surface area contributed by atoms with Crippen molar-refractivity contribution in [1.29, 1.82) is 0 Å². The van der Waals surface area contributed by atoms with Crippen LogP contribution in [0.2, 0.25) is 0 Å². The minimum absolute atomic E-state index is 0.000101. The average molecular weight is 278 g/mol. The maximum absolute atomic E-state index is 10.8. The van der Waals surface area contributed by atoms with Crippen molar-refractivity contribution in [1.82, 2.24) is 0 Å². The summed E-state index contributed by atoms with van der Waals surface area (Å²) in [6.07, 6.45) is 0.00167. The molecule has 0 amide bonds. The van der Waals surface area contributed by atoms with E-state index in [4.69, 9.17) is 4.74 Å². The molecule has 1 heterocycles. The lowest BCUT2D eigenvalue weighted by Crippen LogP contribution is -2.69. The number of ether oxygens (including phenoxy) is 1. The van der Waals surface area contributed by atoms with Gasteiger partial charge >= 0.3 is 0 Å². The zero-order chi connectivity index (χ0) is 15.0. The molecule has 1 aliphatic rings. The topological polar surface area (TPSA) is 49.7 Å².